The number of ether oxygens (including phenoxy) is 1. The van der Waals surface area contributed by atoms with Crippen LogP contribution in [0.2, 0.25) is 0 Å². The van der Waals surface area contributed by atoms with Crippen LogP contribution in [0.25, 0.3) is 0 Å². The Morgan fingerprint density at radius 1 is 1.25 bits per heavy atom. The number of hydrogen-bond donors (Lipinski definition) is 1. The number of pyridine rings is 1. The second-order valence-electron chi connectivity index (χ2n) is 5.49. The number of nitrogens with zero attached hydrogens (tertiary/aromatic N) is 2. The molecule has 2 aromatic rings. The zero-order valence-corrected chi connectivity index (χ0v) is 14.3. The molecule has 0 fully saturated rings. The summed E-state index contributed by atoms with van der Waals surface area (Å²) < 4.78 is 6.44. The normalized spacial score (nSPS) is 10.8. The number of aromatic nitrogens is 3. The van der Waals surface area contributed by atoms with E-state index in [1.807, 2.05) is 13.0 Å². The van der Waals surface area contributed by atoms with Crippen LogP contribution in [0.5, 0.6) is 0 Å². The zero-order valence-electron chi connectivity index (χ0n) is 14.3. The quantitative estimate of drug-likeness (QED) is 0.806. The number of nitrogens with one attached hydrogen (secondary N) is 1. The number of ketones is 1. The van der Waals surface area contributed by atoms with E-state index in [1.54, 1.807) is 26.8 Å². The molecule has 0 aliphatic rings. The summed E-state index contributed by atoms with van der Waals surface area (Å²) in [5.41, 5.74) is 0.851. The first kappa shape index (κ1) is 17.8. The summed E-state index contributed by atoms with van der Waals surface area (Å²) in [6.45, 7) is 7.45. The average Bonchev–Trinajstić information content (AvgIpc) is 2.51. The summed E-state index contributed by atoms with van der Waals surface area (Å²) in [5, 5.41) is 0. The van der Waals surface area contributed by atoms with Gasteiger partial charge in [-0.15, -0.1) is 0 Å². The Bertz CT molecular complexity index is 860. The molecule has 2 heterocycles. The van der Waals surface area contributed by atoms with Gasteiger partial charge in [0.25, 0.3) is 5.56 Å². The molecule has 0 aromatic carbocycles. The summed E-state index contributed by atoms with van der Waals surface area (Å²) in [4.78, 5) is 43.7. The maximum Gasteiger partial charge on any atom is 0.330 e. The van der Waals surface area contributed by atoms with Crippen molar-refractivity contribution in [3.05, 3.63) is 61.2 Å². The number of aromatic amines is 1. The van der Waals surface area contributed by atoms with Gasteiger partial charge in [-0.2, -0.15) is 0 Å². The van der Waals surface area contributed by atoms with Crippen molar-refractivity contribution in [1.29, 1.82) is 0 Å². The van der Waals surface area contributed by atoms with E-state index < -0.39 is 17.0 Å². The number of H-pyrrole nitrogens is 1. The predicted octanol–water partition coefficient (Wildman–Crippen LogP) is 1.34. The van der Waals surface area contributed by atoms with E-state index in [-0.39, 0.29) is 23.7 Å². The van der Waals surface area contributed by atoms with Crippen molar-refractivity contribution in [3.8, 4) is 0 Å². The molecule has 7 nitrogen and oxygen atoms in total. The number of rotatable bonds is 6. The Hall–Kier alpha value is -2.54. The molecule has 0 saturated carbocycles. The molecule has 7 heteroatoms. The fraction of sp³-hybridized carbons (Fsp3) is 0.412. The zero-order chi connectivity index (χ0) is 17.9. The predicted molar refractivity (Wildman–Crippen MR) is 89.5 cm³/mol. The molecule has 0 bridgehead atoms. The van der Waals surface area contributed by atoms with Crippen molar-refractivity contribution in [3.63, 3.8) is 0 Å². The van der Waals surface area contributed by atoms with Gasteiger partial charge in [0.15, 0.2) is 0 Å². The van der Waals surface area contributed by atoms with Crippen LogP contribution in [0, 0.1) is 13.8 Å². The van der Waals surface area contributed by atoms with E-state index >= 15 is 0 Å². The van der Waals surface area contributed by atoms with Gasteiger partial charge in [0.05, 0.1) is 0 Å². The Balaban J connectivity index is 2.72. The molecule has 0 radical (unpaired) electrons. The molecule has 0 saturated heterocycles. The lowest BCUT2D eigenvalue weighted by atomic mass is 10.0. The topological polar surface area (TPSA) is 94.1 Å². The van der Waals surface area contributed by atoms with E-state index in [0.717, 1.165) is 10.1 Å². The van der Waals surface area contributed by atoms with Gasteiger partial charge in [0.1, 0.15) is 18.1 Å². The van der Waals surface area contributed by atoms with Crippen molar-refractivity contribution in [2.75, 3.05) is 6.61 Å². The first-order chi connectivity index (χ1) is 11.4. The highest BCUT2D eigenvalue weighted by Gasteiger charge is 2.23. The van der Waals surface area contributed by atoms with E-state index in [0.29, 0.717) is 18.7 Å². The maximum absolute atomic E-state index is 13.0. The van der Waals surface area contributed by atoms with Gasteiger partial charge in [-0.1, -0.05) is 6.92 Å². The number of carbonyl (C=O) groups excluding carboxylic acids is 1. The third-order valence-corrected chi connectivity index (χ3v) is 3.62. The highest BCUT2D eigenvalue weighted by molar-refractivity contribution is 6.07. The SMILES string of the molecule is CCOCn1c(C(=O)c2cc(C)cc(C)n2)c(CC)c(=O)[nH]c1=O. The van der Waals surface area contributed by atoms with Gasteiger partial charge in [0, 0.05) is 17.9 Å². The fourth-order valence-corrected chi connectivity index (χ4v) is 2.58. The third kappa shape index (κ3) is 3.51. The molecule has 24 heavy (non-hydrogen) atoms. The summed E-state index contributed by atoms with van der Waals surface area (Å²) in [6, 6.07) is 3.49. The highest BCUT2D eigenvalue weighted by atomic mass is 16.5. The van der Waals surface area contributed by atoms with Crippen LogP contribution in [-0.2, 0) is 17.9 Å². The number of hydrogen-bond acceptors (Lipinski definition) is 5. The van der Waals surface area contributed by atoms with Gasteiger partial charge in [-0.3, -0.25) is 19.1 Å². The lowest BCUT2D eigenvalue weighted by Crippen LogP contribution is -2.38. The first-order valence-corrected chi connectivity index (χ1v) is 7.82. The van der Waals surface area contributed by atoms with Gasteiger partial charge >= 0.3 is 5.69 Å². The third-order valence-electron chi connectivity index (χ3n) is 3.62. The molecular formula is C17H21N3O4. The van der Waals surface area contributed by atoms with Crippen molar-refractivity contribution < 1.29 is 9.53 Å². The van der Waals surface area contributed by atoms with Crippen LogP contribution < -0.4 is 11.2 Å². The Kier molecular flexibility index (Phi) is 5.46. The summed E-state index contributed by atoms with van der Waals surface area (Å²) in [6.07, 6.45) is 0.313. The Morgan fingerprint density at radius 2 is 1.96 bits per heavy atom. The van der Waals surface area contributed by atoms with E-state index in [9.17, 15) is 14.4 Å². The minimum Gasteiger partial charge on any atom is -0.361 e. The molecule has 0 atom stereocenters. The average molecular weight is 331 g/mol. The van der Waals surface area contributed by atoms with Crippen LogP contribution in [0.1, 0.15) is 46.9 Å². The largest absolute Gasteiger partial charge is 0.361 e. The van der Waals surface area contributed by atoms with Crippen LogP contribution in [0.4, 0.5) is 0 Å². The minimum absolute atomic E-state index is 0.0391. The molecular weight excluding hydrogens is 310 g/mol. The monoisotopic (exact) mass is 331 g/mol. The molecule has 0 spiro atoms. The summed E-state index contributed by atoms with van der Waals surface area (Å²) in [5.74, 6) is -0.457. The van der Waals surface area contributed by atoms with E-state index in [2.05, 4.69) is 9.97 Å². The minimum atomic E-state index is -0.668. The van der Waals surface area contributed by atoms with Crippen molar-refractivity contribution in [2.24, 2.45) is 0 Å². The van der Waals surface area contributed by atoms with Crippen molar-refractivity contribution >= 4 is 5.78 Å². The standard InChI is InChI=1S/C17H21N3O4/c1-5-12-14(15(21)13-8-10(3)7-11(4)18-13)20(9-24-6-2)17(23)19-16(12)22/h7-8H,5-6,9H2,1-4H3,(H,19,22,23). The molecule has 0 unspecified atom stereocenters. The smallest absolute Gasteiger partial charge is 0.330 e. The molecule has 1 N–H and O–H groups in total. The lowest BCUT2D eigenvalue weighted by Gasteiger charge is -2.14. The van der Waals surface area contributed by atoms with E-state index in [1.165, 1.54) is 0 Å². The van der Waals surface area contributed by atoms with Crippen molar-refractivity contribution in [2.45, 2.75) is 40.8 Å². The molecule has 0 aliphatic carbocycles. The first-order valence-electron chi connectivity index (χ1n) is 7.82. The lowest BCUT2D eigenvalue weighted by molar-refractivity contribution is 0.0783. The van der Waals surface area contributed by atoms with Gasteiger partial charge in [-0.25, -0.2) is 9.78 Å². The fourth-order valence-electron chi connectivity index (χ4n) is 2.58. The van der Waals surface area contributed by atoms with Crippen molar-refractivity contribution in [1.82, 2.24) is 14.5 Å². The molecule has 0 aliphatic heterocycles. The maximum atomic E-state index is 13.0. The van der Waals surface area contributed by atoms with Crippen LogP contribution >= 0.6 is 0 Å². The van der Waals surface area contributed by atoms with Crippen LogP contribution in [0.15, 0.2) is 21.7 Å². The number of carbonyl (C=O) groups is 1. The second-order valence-corrected chi connectivity index (χ2v) is 5.49. The molecule has 2 rings (SSSR count). The van der Waals surface area contributed by atoms with Gasteiger partial charge < -0.3 is 4.74 Å². The second kappa shape index (κ2) is 7.35. The molecule has 0 amide bonds. The molecule has 2 aromatic heterocycles. The number of aryl methyl sites for hydroxylation is 2. The van der Waals surface area contributed by atoms with Crippen LogP contribution in [-0.4, -0.2) is 26.9 Å². The van der Waals surface area contributed by atoms with E-state index in [4.69, 9.17) is 4.74 Å². The highest BCUT2D eigenvalue weighted by Crippen LogP contribution is 2.13. The van der Waals surface area contributed by atoms with Gasteiger partial charge in [-0.05, 0) is 44.9 Å². The summed E-state index contributed by atoms with van der Waals surface area (Å²) >= 11 is 0. The Morgan fingerprint density at radius 3 is 2.54 bits per heavy atom. The Labute approximate surface area is 139 Å². The summed E-state index contributed by atoms with van der Waals surface area (Å²) in [7, 11) is 0. The molecule has 128 valence electrons. The van der Waals surface area contributed by atoms with Crippen LogP contribution in [0.3, 0.4) is 0 Å². The van der Waals surface area contributed by atoms with Gasteiger partial charge in [0.2, 0.25) is 5.78 Å².